The average Bonchev–Trinajstić information content (AvgIpc) is 3.24. The third-order valence-corrected chi connectivity index (χ3v) is 6.01. The Kier molecular flexibility index (Phi) is 6.56. The van der Waals surface area contributed by atoms with Gasteiger partial charge in [0.2, 0.25) is 5.91 Å². The molecular weight excluding hydrogens is 420 g/mol. The second kappa shape index (κ2) is 9.70. The van der Waals surface area contributed by atoms with Crippen LogP contribution in [0.3, 0.4) is 0 Å². The minimum atomic E-state index is -0.381. The predicted molar refractivity (Wildman–Crippen MR) is 128 cm³/mol. The lowest BCUT2D eigenvalue weighted by molar-refractivity contribution is -0.115. The van der Waals surface area contributed by atoms with E-state index in [0.29, 0.717) is 16.7 Å². The molecule has 3 aromatic carbocycles. The van der Waals surface area contributed by atoms with E-state index in [2.05, 4.69) is 15.5 Å². The zero-order valence-corrected chi connectivity index (χ0v) is 19.0. The molecule has 1 aromatic heterocycles. The number of hydrogen-bond acceptors (Lipinski definition) is 5. The van der Waals surface area contributed by atoms with Crippen LogP contribution in [0.2, 0.25) is 0 Å². The molecule has 4 aromatic rings. The maximum atomic E-state index is 12.8. The van der Waals surface area contributed by atoms with Crippen LogP contribution in [0.4, 0.5) is 5.69 Å². The molecule has 0 bridgehead atoms. The van der Waals surface area contributed by atoms with Gasteiger partial charge >= 0.3 is 0 Å². The summed E-state index contributed by atoms with van der Waals surface area (Å²) in [5, 5.41) is 12.1. The second-order valence-corrected chi connectivity index (χ2v) is 8.60. The summed E-state index contributed by atoms with van der Waals surface area (Å²) in [5.41, 5.74) is 3.65. The Labute approximate surface area is 191 Å². The van der Waals surface area contributed by atoms with Crippen molar-refractivity contribution in [1.29, 1.82) is 0 Å². The predicted octanol–water partition coefficient (Wildman–Crippen LogP) is 5.37. The summed E-state index contributed by atoms with van der Waals surface area (Å²) in [6.07, 6.45) is 0. The fourth-order valence-corrected chi connectivity index (χ4v) is 4.12. The summed E-state index contributed by atoms with van der Waals surface area (Å²) in [7, 11) is 1.63. The van der Waals surface area contributed by atoms with Crippen molar-refractivity contribution in [3.8, 4) is 22.8 Å². The number of ether oxygens (including phenoxy) is 1. The van der Waals surface area contributed by atoms with Crippen LogP contribution in [-0.2, 0) is 4.79 Å². The lowest BCUT2D eigenvalue weighted by Gasteiger charge is -2.15. The van der Waals surface area contributed by atoms with E-state index in [-0.39, 0.29) is 11.2 Å². The van der Waals surface area contributed by atoms with Crippen molar-refractivity contribution in [1.82, 2.24) is 14.8 Å². The van der Waals surface area contributed by atoms with Gasteiger partial charge < -0.3 is 10.1 Å². The highest BCUT2D eigenvalue weighted by atomic mass is 32.2. The summed E-state index contributed by atoms with van der Waals surface area (Å²) in [6.45, 7) is 3.88. The Morgan fingerprint density at radius 3 is 2.38 bits per heavy atom. The van der Waals surface area contributed by atoms with Crippen molar-refractivity contribution in [3.63, 3.8) is 0 Å². The monoisotopic (exact) mass is 444 g/mol. The van der Waals surface area contributed by atoms with E-state index >= 15 is 0 Å². The van der Waals surface area contributed by atoms with Crippen molar-refractivity contribution in [3.05, 3.63) is 84.4 Å². The van der Waals surface area contributed by atoms with Gasteiger partial charge in [-0.25, -0.2) is 0 Å². The smallest absolute Gasteiger partial charge is 0.237 e. The van der Waals surface area contributed by atoms with Crippen LogP contribution in [-0.4, -0.2) is 33.0 Å². The van der Waals surface area contributed by atoms with E-state index in [1.54, 1.807) is 7.11 Å². The Morgan fingerprint density at radius 2 is 1.66 bits per heavy atom. The summed E-state index contributed by atoms with van der Waals surface area (Å²) in [6, 6.07) is 25.3. The van der Waals surface area contributed by atoms with E-state index in [9.17, 15) is 4.79 Å². The molecule has 4 rings (SSSR count). The molecule has 162 valence electrons. The molecule has 0 aliphatic carbocycles. The highest BCUT2D eigenvalue weighted by molar-refractivity contribution is 8.00. The van der Waals surface area contributed by atoms with Crippen molar-refractivity contribution in [2.75, 3.05) is 12.4 Å². The second-order valence-electron chi connectivity index (χ2n) is 7.29. The molecule has 0 aliphatic rings. The quantitative estimate of drug-likeness (QED) is 0.388. The van der Waals surface area contributed by atoms with Gasteiger partial charge in [0.25, 0.3) is 0 Å². The number of benzene rings is 3. The Bertz CT molecular complexity index is 1210. The molecule has 0 aliphatic heterocycles. The Hall–Kier alpha value is -3.58. The highest BCUT2D eigenvalue weighted by Crippen LogP contribution is 2.34. The zero-order valence-electron chi connectivity index (χ0n) is 18.1. The molecule has 1 heterocycles. The molecule has 1 N–H and O–H groups in total. The van der Waals surface area contributed by atoms with E-state index < -0.39 is 0 Å². The first kappa shape index (κ1) is 21.6. The minimum absolute atomic E-state index is 0.0969. The van der Waals surface area contributed by atoms with E-state index in [1.807, 2.05) is 97.3 Å². The molecular formula is C25H24N4O2S. The van der Waals surface area contributed by atoms with Gasteiger partial charge in [0.15, 0.2) is 11.0 Å². The molecule has 0 unspecified atom stereocenters. The van der Waals surface area contributed by atoms with Crippen LogP contribution in [0.1, 0.15) is 12.5 Å². The van der Waals surface area contributed by atoms with E-state index in [4.69, 9.17) is 4.74 Å². The third kappa shape index (κ3) is 4.68. The lowest BCUT2D eigenvalue weighted by Crippen LogP contribution is -2.22. The number of aromatic nitrogens is 3. The number of methoxy groups -OCH3 is 1. The third-order valence-electron chi connectivity index (χ3n) is 4.97. The first-order valence-corrected chi connectivity index (χ1v) is 11.1. The number of carbonyl (C=O) groups excluding carboxylic acids is 1. The number of thioether (sulfide) groups is 1. The molecule has 0 fully saturated rings. The summed E-state index contributed by atoms with van der Waals surface area (Å²) >= 11 is 1.36. The van der Waals surface area contributed by atoms with Crippen LogP contribution in [0, 0.1) is 6.92 Å². The minimum Gasteiger partial charge on any atom is -0.496 e. The van der Waals surface area contributed by atoms with Crippen molar-refractivity contribution in [2.45, 2.75) is 24.3 Å². The molecule has 7 heteroatoms. The largest absolute Gasteiger partial charge is 0.496 e. The first-order valence-electron chi connectivity index (χ1n) is 10.2. The number of amides is 1. The van der Waals surface area contributed by atoms with Gasteiger partial charge in [-0.05, 0) is 50.2 Å². The van der Waals surface area contributed by atoms with E-state index in [0.717, 1.165) is 22.5 Å². The maximum absolute atomic E-state index is 12.8. The van der Waals surface area contributed by atoms with Gasteiger partial charge in [-0.2, -0.15) is 0 Å². The van der Waals surface area contributed by atoms with Crippen LogP contribution in [0.25, 0.3) is 17.1 Å². The van der Waals surface area contributed by atoms with Gasteiger partial charge in [0.1, 0.15) is 5.75 Å². The fraction of sp³-hybridized carbons (Fsp3) is 0.160. The first-order chi connectivity index (χ1) is 15.6. The fourth-order valence-electron chi connectivity index (χ4n) is 3.25. The van der Waals surface area contributed by atoms with Gasteiger partial charge in [0, 0.05) is 11.4 Å². The van der Waals surface area contributed by atoms with Gasteiger partial charge in [-0.15, -0.1) is 10.2 Å². The van der Waals surface area contributed by atoms with Crippen LogP contribution in [0.15, 0.2) is 84.0 Å². The maximum Gasteiger partial charge on any atom is 0.237 e. The number of nitrogens with one attached hydrogen (secondary N) is 1. The number of nitrogens with zero attached hydrogens (tertiary/aromatic N) is 3. The van der Waals surface area contributed by atoms with Crippen molar-refractivity contribution < 1.29 is 9.53 Å². The molecule has 6 nitrogen and oxygen atoms in total. The average molecular weight is 445 g/mol. The molecule has 32 heavy (non-hydrogen) atoms. The Balaban J connectivity index is 1.66. The number of rotatable bonds is 7. The van der Waals surface area contributed by atoms with Crippen LogP contribution >= 0.6 is 11.8 Å². The SMILES string of the molecule is COc1ccccc1-c1nnc(S[C@@H](C)C(=O)Nc2ccc(C)cc2)n1-c1ccccc1. The van der Waals surface area contributed by atoms with Crippen molar-refractivity contribution in [2.24, 2.45) is 0 Å². The normalized spacial score (nSPS) is 11.7. The van der Waals surface area contributed by atoms with Crippen LogP contribution < -0.4 is 10.1 Å². The Morgan fingerprint density at radius 1 is 0.969 bits per heavy atom. The number of carbonyl (C=O) groups is 1. The molecule has 0 saturated heterocycles. The van der Waals surface area contributed by atoms with Gasteiger partial charge in [-0.3, -0.25) is 9.36 Å². The van der Waals surface area contributed by atoms with Gasteiger partial charge in [0.05, 0.1) is 17.9 Å². The standard InChI is InChI=1S/C25H24N4O2S/c1-17-13-15-19(16-14-17)26-24(30)18(2)32-25-28-27-23(21-11-7-8-12-22(21)31-3)29(25)20-9-5-4-6-10-20/h4-16,18H,1-3H3,(H,26,30)/t18-/m0/s1. The summed E-state index contributed by atoms with van der Waals surface area (Å²) in [5.74, 6) is 1.27. The number of aryl methyl sites for hydroxylation is 1. The van der Waals surface area contributed by atoms with Gasteiger partial charge in [-0.1, -0.05) is 59.8 Å². The van der Waals surface area contributed by atoms with Crippen molar-refractivity contribution >= 4 is 23.4 Å². The number of anilines is 1. The van der Waals surface area contributed by atoms with E-state index in [1.165, 1.54) is 11.8 Å². The number of para-hydroxylation sites is 2. The molecule has 1 atom stereocenters. The lowest BCUT2D eigenvalue weighted by atomic mass is 10.2. The van der Waals surface area contributed by atoms with Crippen LogP contribution in [0.5, 0.6) is 5.75 Å². The number of hydrogen-bond donors (Lipinski definition) is 1. The molecule has 0 spiro atoms. The molecule has 0 radical (unpaired) electrons. The molecule has 0 saturated carbocycles. The summed E-state index contributed by atoms with van der Waals surface area (Å²) in [4.78, 5) is 12.8. The molecule has 1 amide bonds. The highest BCUT2D eigenvalue weighted by Gasteiger charge is 2.23. The topological polar surface area (TPSA) is 69.0 Å². The summed E-state index contributed by atoms with van der Waals surface area (Å²) < 4.78 is 7.50. The zero-order chi connectivity index (χ0) is 22.5.